The van der Waals surface area contributed by atoms with Gasteiger partial charge in [0.1, 0.15) is 12.4 Å². The van der Waals surface area contributed by atoms with Gasteiger partial charge in [-0.15, -0.1) is 0 Å². The lowest BCUT2D eigenvalue weighted by Crippen LogP contribution is -2.14. The second kappa shape index (κ2) is 8.61. The Bertz CT molecular complexity index is 831. The molecular formula is C21H25FN2O2. The molecule has 0 amide bonds. The van der Waals surface area contributed by atoms with Gasteiger partial charge in [0.15, 0.2) is 0 Å². The Balaban J connectivity index is 2.15. The number of esters is 1. The Labute approximate surface area is 154 Å². The largest absolute Gasteiger partial charge is 0.457 e. The number of carbonyl (C=O) groups excluding carboxylic acids is 1. The maximum Gasteiger partial charge on any atom is 0.338 e. The topological polar surface area (TPSA) is 41.9 Å². The SMILES string of the molecule is CCN(C)C=Nc1cc(C)c(C(=O)OCc2cc(C)ccc2F)cc1C. The number of carbonyl (C=O) groups is 1. The number of hydrogen-bond donors (Lipinski definition) is 0. The highest BCUT2D eigenvalue weighted by Gasteiger charge is 2.14. The summed E-state index contributed by atoms with van der Waals surface area (Å²) in [5.74, 6) is -0.839. The predicted molar refractivity (Wildman–Crippen MR) is 103 cm³/mol. The molecule has 0 fully saturated rings. The van der Waals surface area contributed by atoms with Gasteiger partial charge in [-0.05, 0) is 63.1 Å². The van der Waals surface area contributed by atoms with Crippen molar-refractivity contribution in [1.29, 1.82) is 0 Å². The number of nitrogens with zero attached hydrogens (tertiary/aromatic N) is 2. The fourth-order valence-electron chi connectivity index (χ4n) is 2.44. The van der Waals surface area contributed by atoms with Crippen molar-refractivity contribution in [3.63, 3.8) is 0 Å². The highest BCUT2D eigenvalue weighted by atomic mass is 19.1. The van der Waals surface area contributed by atoms with E-state index in [2.05, 4.69) is 4.99 Å². The van der Waals surface area contributed by atoms with E-state index in [0.29, 0.717) is 11.1 Å². The number of ether oxygens (including phenoxy) is 1. The van der Waals surface area contributed by atoms with Gasteiger partial charge < -0.3 is 9.64 Å². The van der Waals surface area contributed by atoms with Gasteiger partial charge >= 0.3 is 5.97 Å². The lowest BCUT2D eigenvalue weighted by molar-refractivity contribution is 0.0468. The lowest BCUT2D eigenvalue weighted by Gasteiger charge is -2.12. The van der Waals surface area contributed by atoms with Crippen LogP contribution < -0.4 is 0 Å². The Morgan fingerprint density at radius 2 is 1.92 bits per heavy atom. The van der Waals surface area contributed by atoms with Crippen LogP contribution in [-0.2, 0) is 11.3 Å². The van der Waals surface area contributed by atoms with E-state index in [9.17, 15) is 9.18 Å². The van der Waals surface area contributed by atoms with E-state index < -0.39 is 5.97 Å². The minimum atomic E-state index is -0.465. The van der Waals surface area contributed by atoms with Gasteiger partial charge in [0, 0.05) is 19.2 Å². The first kappa shape index (κ1) is 19.6. The molecule has 0 radical (unpaired) electrons. The number of benzene rings is 2. The van der Waals surface area contributed by atoms with Gasteiger partial charge in [-0.2, -0.15) is 0 Å². The molecule has 0 heterocycles. The second-order valence-electron chi connectivity index (χ2n) is 6.44. The van der Waals surface area contributed by atoms with Gasteiger partial charge in [0.2, 0.25) is 0 Å². The molecule has 2 rings (SSSR count). The molecule has 2 aromatic rings. The number of aliphatic imine (C=N–C) groups is 1. The van der Waals surface area contributed by atoms with Crippen molar-refractivity contribution in [3.05, 3.63) is 64.0 Å². The molecule has 0 aliphatic rings. The number of rotatable bonds is 6. The van der Waals surface area contributed by atoms with E-state index in [-0.39, 0.29) is 12.4 Å². The third-order valence-electron chi connectivity index (χ3n) is 4.22. The van der Waals surface area contributed by atoms with Crippen LogP contribution in [0, 0.1) is 26.6 Å². The zero-order chi connectivity index (χ0) is 19.3. The van der Waals surface area contributed by atoms with Crippen molar-refractivity contribution in [2.75, 3.05) is 13.6 Å². The van der Waals surface area contributed by atoms with E-state index in [1.165, 1.54) is 6.07 Å². The van der Waals surface area contributed by atoms with Crippen molar-refractivity contribution >= 4 is 18.0 Å². The van der Waals surface area contributed by atoms with Gasteiger partial charge in [0.25, 0.3) is 0 Å². The van der Waals surface area contributed by atoms with Crippen LogP contribution in [0.2, 0.25) is 0 Å². The molecule has 138 valence electrons. The minimum Gasteiger partial charge on any atom is -0.457 e. The van der Waals surface area contributed by atoms with Crippen LogP contribution in [0.4, 0.5) is 10.1 Å². The molecule has 0 aliphatic heterocycles. The number of aryl methyl sites for hydroxylation is 3. The monoisotopic (exact) mass is 356 g/mol. The average molecular weight is 356 g/mol. The zero-order valence-corrected chi connectivity index (χ0v) is 16.0. The molecule has 0 saturated carbocycles. The van der Waals surface area contributed by atoms with Crippen LogP contribution in [-0.4, -0.2) is 30.8 Å². The lowest BCUT2D eigenvalue weighted by atomic mass is 10.0. The van der Waals surface area contributed by atoms with Crippen molar-refractivity contribution in [1.82, 2.24) is 4.90 Å². The fourth-order valence-corrected chi connectivity index (χ4v) is 2.44. The molecule has 0 unspecified atom stereocenters. The first-order valence-electron chi connectivity index (χ1n) is 8.59. The molecule has 0 aromatic heterocycles. The summed E-state index contributed by atoms with van der Waals surface area (Å²) in [5.41, 5.74) is 4.23. The Morgan fingerprint density at radius 1 is 1.19 bits per heavy atom. The Morgan fingerprint density at radius 3 is 2.62 bits per heavy atom. The van der Waals surface area contributed by atoms with Crippen molar-refractivity contribution < 1.29 is 13.9 Å². The first-order chi connectivity index (χ1) is 12.3. The second-order valence-corrected chi connectivity index (χ2v) is 6.44. The highest BCUT2D eigenvalue weighted by Crippen LogP contribution is 2.24. The summed E-state index contributed by atoms with van der Waals surface area (Å²) >= 11 is 0. The van der Waals surface area contributed by atoms with Crippen molar-refractivity contribution in [3.8, 4) is 0 Å². The zero-order valence-electron chi connectivity index (χ0n) is 16.0. The van der Waals surface area contributed by atoms with E-state index >= 15 is 0 Å². The van der Waals surface area contributed by atoms with Gasteiger partial charge in [-0.25, -0.2) is 14.2 Å². The Kier molecular flexibility index (Phi) is 6.50. The molecule has 5 heteroatoms. The summed E-state index contributed by atoms with van der Waals surface area (Å²) in [4.78, 5) is 18.8. The molecular weight excluding hydrogens is 331 g/mol. The Hall–Kier alpha value is -2.69. The van der Waals surface area contributed by atoms with Crippen LogP contribution in [0.3, 0.4) is 0 Å². The third-order valence-corrected chi connectivity index (χ3v) is 4.22. The smallest absolute Gasteiger partial charge is 0.338 e. The minimum absolute atomic E-state index is 0.0912. The molecule has 4 nitrogen and oxygen atoms in total. The molecule has 0 atom stereocenters. The van der Waals surface area contributed by atoms with Crippen LogP contribution in [0.25, 0.3) is 0 Å². The van der Waals surface area contributed by atoms with Crippen LogP contribution >= 0.6 is 0 Å². The van der Waals surface area contributed by atoms with Crippen molar-refractivity contribution in [2.45, 2.75) is 34.3 Å². The quantitative estimate of drug-likeness (QED) is 0.427. The van der Waals surface area contributed by atoms with Crippen LogP contribution in [0.5, 0.6) is 0 Å². The summed E-state index contributed by atoms with van der Waals surface area (Å²) in [6, 6.07) is 8.38. The standard InChI is InChI=1S/C21H25FN2O2/c1-6-24(5)13-23-20-11-15(3)18(10-16(20)4)21(25)26-12-17-9-14(2)7-8-19(17)22/h7-11,13H,6,12H2,1-5H3. The van der Waals surface area contributed by atoms with E-state index in [1.54, 1.807) is 24.5 Å². The molecule has 26 heavy (non-hydrogen) atoms. The van der Waals surface area contributed by atoms with Crippen LogP contribution in [0.1, 0.15) is 39.5 Å². The van der Waals surface area contributed by atoms with Gasteiger partial charge in [0.05, 0.1) is 17.6 Å². The molecule has 0 saturated heterocycles. The van der Waals surface area contributed by atoms with E-state index in [4.69, 9.17) is 4.74 Å². The molecule has 0 spiro atoms. The van der Waals surface area contributed by atoms with E-state index in [0.717, 1.165) is 28.9 Å². The third kappa shape index (κ3) is 4.91. The molecule has 2 aromatic carbocycles. The molecule has 0 aliphatic carbocycles. The fraction of sp³-hybridized carbons (Fsp3) is 0.333. The van der Waals surface area contributed by atoms with Gasteiger partial charge in [-0.3, -0.25) is 0 Å². The summed E-state index contributed by atoms with van der Waals surface area (Å²) in [6.07, 6.45) is 1.76. The maximum absolute atomic E-state index is 13.8. The predicted octanol–water partition coefficient (Wildman–Crippen LogP) is 4.72. The normalized spacial score (nSPS) is 11.0. The highest BCUT2D eigenvalue weighted by molar-refractivity contribution is 5.92. The summed E-state index contributed by atoms with van der Waals surface area (Å²) < 4.78 is 19.1. The molecule has 0 bridgehead atoms. The van der Waals surface area contributed by atoms with E-state index in [1.807, 2.05) is 45.7 Å². The number of halogens is 1. The number of hydrogen-bond acceptors (Lipinski definition) is 3. The summed E-state index contributed by atoms with van der Waals surface area (Å²) in [6.45, 7) is 8.42. The van der Waals surface area contributed by atoms with Gasteiger partial charge in [-0.1, -0.05) is 11.6 Å². The summed E-state index contributed by atoms with van der Waals surface area (Å²) in [5, 5.41) is 0. The average Bonchev–Trinajstić information content (AvgIpc) is 2.62. The van der Waals surface area contributed by atoms with Crippen molar-refractivity contribution in [2.24, 2.45) is 4.99 Å². The summed E-state index contributed by atoms with van der Waals surface area (Å²) in [7, 11) is 1.95. The molecule has 0 N–H and O–H groups in total. The maximum atomic E-state index is 13.8. The van der Waals surface area contributed by atoms with Crippen LogP contribution in [0.15, 0.2) is 35.3 Å². The first-order valence-corrected chi connectivity index (χ1v) is 8.59.